The number of benzene rings is 1. The van der Waals surface area contributed by atoms with E-state index in [0.29, 0.717) is 18.5 Å². The van der Waals surface area contributed by atoms with Crippen LogP contribution in [0.2, 0.25) is 0 Å². The van der Waals surface area contributed by atoms with Gasteiger partial charge in [-0.25, -0.2) is 0 Å². The highest BCUT2D eigenvalue weighted by Gasteiger charge is 2.19. The van der Waals surface area contributed by atoms with E-state index in [1.807, 2.05) is 6.07 Å². The van der Waals surface area contributed by atoms with Gasteiger partial charge in [0.05, 0.1) is 0 Å². The molecule has 98 valence electrons. The predicted octanol–water partition coefficient (Wildman–Crippen LogP) is 0.701. The van der Waals surface area contributed by atoms with E-state index < -0.39 is 11.9 Å². The number of rotatable bonds is 6. The minimum atomic E-state index is -0.799. The molecule has 0 aliphatic carbocycles. The fourth-order valence-corrected chi connectivity index (χ4v) is 1.89. The summed E-state index contributed by atoms with van der Waals surface area (Å²) >= 11 is 3.31. The molecule has 1 aromatic carbocycles. The Labute approximate surface area is 114 Å². The molecule has 0 aromatic heterocycles. The molecule has 1 aromatic rings. The second-order valence-corrected chi connectivity index (χ2v) is 4.73. The molecule has 1 atom stereocenters. The maximum absolute atomic E-state index is 11.6. The van der Waals surface area contributed by atoms with Crippen LogP contribution in [0.4, 0.5) is 0 Å². The molecule has 2 amide bonds. The van der Waals surface area contributed by atoms with Crippen LogP contribution in [-0.4, -0.2) is 25.4 Å². The Balaban J connectivity index is 2.77. The normalized spacial score (nSPS) is 11.9. The Bertz CT molecular complexity index is 437. The Morgan fingerprint density at radius 3 is 2.72 bits per heavy atom. The molecular weight excluding hydrogens is 298 g/mol. The molecule has 5 nitrogen and oxygen atoms in total. The minimum absolute atomic E-state index is 0.215. The Hall–Kier alpha value is -1.40. The van der Waals surface area contributed by atoms with E-state index >= 15 is 0 Å². The molecular formula is C12H16BrN3O2. The number of nitrogens with one attached hydrogen (secondary N) is 2. The highest BCUT2D eigenvalue weighted by Crippen LogP contribution is 2.18. The van der Waals surface area contributed by atoms with Crippen molar-refractivity contribution in [2.24, 2.45) is 5.73 Å². The average Bonchev–Trinajstić information content (AvgIpc) is 2.33. The minimum Gasteiger partial charge on any atom is -0.368 e. The fraction of sp³-hybridized carbons (Fsp3) is 0.333. The smallest absolute Gasteiger partial charge is 0.244 e. The molecule has 1 unspecified atom stereocenters. The first-order valence-corrected chi connectivity index (χ1v) is 6.32. The van der Waals surface area contributed by atoms with E-state index in [1.165, 1.54) is 0 Å². The van der Waals surface area contributed by atoms with Crippen molar-refractivity contribution in [3.8, 4) is 0 Å². The third kappa shape index (κ3) is 4.46. The lowest BCUT2D eigenvalue weighted by Crippen LogP contribution is -2.38. The van der Waals surface area contributed by atoms with Crippen LogP contribution in [0.25, 0.3) is 0 Å². The lowest BCUT2D eigenvalue weighted by Gasteiger charge is -2.16. The summed E-state index contributed by atoms with van der Waals surface area (Å²) in [6, 6.07) is 6.33. The predicted molar refractivity (Wildman–Crippen MR) is 72.8 cm³/mol. The summed E-state index contributed by atoms with van der Waals surface area (Å²) in [7, 11) is 1.76. The fourth-order valence-electron chi connectivity index (χ4n) is 1.48. The zero-order chi connectivity index (χ0) is 13.5. The number of hydrogen-bond donors (Lipinski definition) is 3. The van der Waals surface area contributed by atoms with E-state index in [2.05, 4.69) is 26.6 Å². The maximum atomic E-state index is 11.6. The van der Waals surface area contributed by atoms with Gasteiger partial charge in [-0.3, -0.25) is 9.59 Å². The Kier molecular flexibility index (Phi) is 5.80. The third-order valence-corrected chi connectivity index (χ3v) is 2.87. The van der Waals surface area contributed by atoms with Gasteiger partial charge >= 0.3 is 0 Å². The lowest BCUT2D eigenvalue weighted by atomic mass is 10.1. The second-order valence-electron chi connectivity index (χ2n) is 3.81. The topological polar surface area (TPSA) is 84.2 Å². The van der Waals surface area contributed by atoms with Crippen LogP contribution in [0.15, 0.2) is 28.7 Å². The molecule has 4 N–H and O–H groups in total. The van der Waals surface area contributed by atoms with Crippen molar-refractivity contribution in [1.29, 1.82) is 0 Å². The van der Waals surface area contributed by atoms with E-state index in [0.717, 1.165) is 4.47 Å². The summed E-state index contributed by atoms with van der Waals surface area (Å²) in [4.78, 5) is 23.0. The highest BCUT2D eigenvalue weighted by atomic mass is 79.9. The number of carbonyl (C=O) groups excluding carboxylic acids is 2. The molecule has 0 aliphatic rings. The summed E-state index contributed by atoms with van der Waals surface area (Å²) in [5, 5.41) is 5.49. The molecule has 0 heterocycles. The van der Waals surface area contributed by atoms with Gasteiger partial charge < -0.3 is 16.4 Å². The summed E-state index contributed by atoms with van der Waals surface area (Å²) in [5.41, 5.74) is 5.97. The van der Waals surface area contributed by atoms with Crippen LogP contribution in [0.1, 0.15) is 18.0 Å². The van der Waals surface area contributed by atoms with Crippen molar-refractivity contribution in [2.75, 3.05) is 13.6 Å². The van der Waals surface area contributed by atoms with Gasteiger partial charge in [0.25, 0.3) is 0 Å². The van der Waals surface area contributed by atoms with Crippen LogP contribution in [0.3, 0.4) is 0 Å². The van der Waals surface area contributed by atoms with Gasteiger partial charge in [0.2, 0.25) is 11.8 Å². The van der Waals surface area contributed by atoms with Crippen LogP contribution < -0.4 is 16.4 Å². The number of carbonyl (C=O) groups is 2. The number of hydrogen-bond acceptors (Lipinski definition) is 3. The van der Waals surface area contributed by atoms with Gasteiger partial charge in [0, 0.05) is 17.4 Å². The van der Waals surface area contributed by atoms with Gasteiger partial charge in [-0.1, -0.05) is 28.1 Å². The van der Waals surface area contributed by atoms with E-state index in [9.17, 15) is 9.59 Å². The molecule has 0 aliphatic heterocycles. The van der Waals surface area contributed by atoms with Crippen LogP contribution >= 0.6 is 15.9 Å². The number of nitrogens with two attached hydrogens (primary N) is 1. The summed E-state index contributed by atoms with van der Waals surface area (Å²) in [6.07, 6.45) is 0.300. The molecule has 0 bridgehead atoms. The van der Waals surface area contributed by atoms with Crippen molar-refractivity contribution in [1.82, 2.24) is 10.6 Å². The van der Waals surface area contributed by atoms with Crippen molar-refractivity contribution >= 4 is 27.7 Å². The quantitative estimate of drug-likeness (QED) is 0.723. The largest absolute Gasteiger partial charge is 0.368 e. The second kappa shape index (κ2) is 7.13. The van der Waals surface area contributed by atoms with E-state index in [1.54, 1.807) is 25.2 Å². The SMILES string of the molecule is CNCCC(=O)NC(C(N)=O)c1cccc(Br)c1. The van der Waals surface area contributed by atoms with Crippen molar-refractivity contribution in [3.05, 3.63) is 34.3 Å². The van der Waals surface area contributed by atoms with Crippen molar-refractivity contribution < 1.29 is 9.59 Å². The summed E-state index contributed by atoms with van der Waals surface area (Å²) < 4.78 is 0.829. The zero-order valence-electron chi connectivity index (χ0n) is 10.1. The average molecular weight is 314 g/mol. The van der Waals surface area contributed by atoms with Gasteiger partial charge in [0.15, 0.2) is 0 Å². The van der Waals surface area contributed by atoms with Crippen molar-refractivity contribution in [2.45, 2.75) is 12.5 Å². The van der Waals surface area contributed by atoms with Gasteiger partial charge in [-0.05, 0) is 24.7 Å². The number of primary amides is 1. The van der Waals surface area contributed by atoms with Crippen LogP contribution in [-0.2, 0) is 9.59 Å². The maximum Gasteiger partial charge on any atom is 0.244 e. The first-order valence-electron chi connectivity index (χ1n) is 5.53. The van der Waals surface area contributed by atoms with Gasteiger partial charge in [-0.15, -0.1) is 0 Å². The molecule has 0 saturated carbocycles. The van der Waals surface area contributed by atoms with Crippen molar-refractivity contribution in [3.63, 3.8) is 0 Å². The number of amides is 2. The summed E-state index contributed by atoms with van der Waals surface area (Å²) in [5.74, 6) is -0.793. The van der Waals surface area contributed by atoms with E-state index in [4.69, 9.17) is 5.73 Å². The van der Waals surface area contributed by atoms with Gasteiger partial charge in [-0.2, -0.15) is 0 Å². The highest BCUT2D eigenvalue weighted by molar-refractivity contribution is 9.10. The molecule has 18 heavy (non-hydrogen) atoms. The zero-order valence-corrected chi connectivity index (χ0v) is 11.7. The first-order chi connectivity index (χ1) is 8.54. The molecule has 0 radical (unpaired) electrons. The van der Waals surface area contributed by atoms with Crippen LogP contribution in [0, 0.1) is 0 Å². The molecule has 0 fully saturated rings. The molecule has 6 heteroatoms. The molecule has 1 rings (SSSR count). The van der Waals surface area contributed by atoms with Gasteiger partial charge in [0.1, 0.15) is 6.04 Å². The Morgan fingerprint density at radius 2 is 2.17 bits per heavy atom. The van der Waals surface area contributed by atoms with Crippen LogP contribution in [0.5, 0.6) is 0 Å². The molecule has 0 saturated heterocycles. The summed E-state index contributed by atoms with van der Waals surface area (Å²) in [6.45, 7) is 0.551. The Morgan fingerprint density at radius 1 is 1.44 bits per heavy atom. The standard InChI is InChI=1S/C12H16BrN3O2/c1-15-6-5-10(17)16-11(12(14)18)8-3-2-4-9(13)7-8/h2-4,7,11,15H,5-6H2,1H3,(H2,14,18)(H,16,17). The van der Waals surface area contributed by atoms with E-state index in [-0.39, 0.29) is 5.91 Å². The monoisotopic (exact) mass is 313 g/mol. The third-order valence-electron chi connectivity index (χ3n) is 2.37. The first kappa shape index (κ1) is 14.7. The molecule has 0 spiro atoms. The number of halogens is 1. The lowest BCUT2D eigenvalue weighted by molar-refractivity contribution is -0.127.